The highest BCUT2D eigenvalue weighted by Crippen LogP contribution is 2.55. The van der Waals surface area contributed by atoms with Crippen LogP contribution in [0.25, 0.3) is 86.9 Å². The quantitative estimate of drug-likeness (QED) is 0.164. The van der Waals surface area contributed by atoms with E-state index in [9.17, 15) is 0 Å². The minimum atomic E-state index is 1.13. The summed E-state index contributed by atoms with van der Waals surface area (Å²) in [6.07, 6.45) is 0. The summed E-state index contributed by atoms with van der Waals surface area (Å²) in [5, 5.41) is 15.2. The molecule has 2 heteroatoms. The van der Waals surface area contributed by atoms with Gasteiger partial charge in [-0.15, -0.1) is 0 Å². The van der Waals surface area contributed by atoms with Crippen LogP contribution in [-0.4, -0.2) is 0 Å². The Morgan fingerprint density at radius 2 is 0.452 bits per heavy atom. The zero-order valence-corrected chi connectivity index (χ0v) is 33.8. The summed E-state index contributed by atoms with van der Waals surface area (Å²) in [4.78, 5) is 4.90. The molecule has 0 fully saturated rings. The molecule has 13 rings (SSSR count). The van der Waals surface area contributed by atoms with E-state index < -0.39 is 0 Å². The second-order valence-electron chi connectivity index (χ2n) is 16.5. The minimum Gasteiger partial charge on any atom is -0.306 e. The summed E-state index contributed by atoms with van der Waals surface area (Å²) < 4.78 is 0. The molecular formula is C60H38N2. The van der Waals surface area contributed by atoms with Gasteiger partial charge in [-0.2, -0.15) is 0 Å². The lowest BCUT2D eigenvalue weighted by atomic mass is 9.91. The van der Waals surface area contributed by atoms with Crippen molar-refractivity contribution in [3.63, 3.8) is 0 Å². The van der Waals surface area contributed by atoms with Gasteiger partial charge in [0.25, 0.3) is 0 Å². The van der Waals surface area contributed by atoms with Crippen molar-refractivity contribution in [2.24, 2.45) is 0 Å². The van der Waals surface area contributed by atoms with Crippen molar-refractivity contribution in [2.75, 3.05) is 9.80 Å². The Hall–Kier alpha value is -8.20. The number of hydrogen-bond acceptors (Lipinski definition) is 2. The molecule has 12 aromatic carbocycles. The highest BCUT2D eigenvalue weighted by molar-refractivity contribution is 6.28. The molecule has 1 aliphatic rings. The van der Waals surface area contributed by atoms with Crippen LogP contribution < -0.4 is 9.80 Å². The Morgan fingerprint density at radius 3 is 0.806 bits per heavy atom. The Balaban J connectivity index is 0.979. The maximum Gasteiger partial charge on any atom is 0.0703 e. The summed E-state index contributed by atoms with van der Waals surface area (Å²) in [6, 6.07) is 84.9. The number of nitrogens with zero attached hydrogens (tertiary/aromatic N) is 2. The average Bonchev–Trinajstić information content (AvgIpc) is 3.35. The standard InChI is InChI=1S/C60H38N2/c1-3-15-39(16-4-1)41-27-31-49-51-33-29-43(37-55(51)47-21-9-7-19-45(47)53(49)35-41)61-57-23-11-13-25-59(57)62(60-26-14-12-24-58(60)61)44-30-34-52-50-32-28-42(40-17-5-2-6-18-40)36-54(50)46-20-8-10-22-48(46)56(52)38-44/h1-38H. The molecule has 0 N–H and O–H groups in total. The molecule has 12 aromatic rings. The number of rotatable bonds is 4. The molecule has 0 spiro atoms. The fourth-order valence-electron chi connectivity index (χ4n) is 10.3. The van der Waals surface area contributed by atoms with E-state index in [1.54, 1.807) is 0 Å². The topological polar surface area (TPSA) is 6.48 Å². The first-order valence-electron chi connectivity index (χ1n) is 21.4. The summed E-state index contributed by atoms with van der Waals surface area (Å²) in [5.41, 5.74) is 11.7. The second kappa shape index (κ2) is 13.7. The summed E-state index contributed by atoms with van der Waals surface area (Å²) in [5.74, 6) is 0. The van der Waals surface area contributed by atoms with Gasteiger partial charge in [-0.1, -0.05) is 170 Å². The zero-order valence-electron chi connectivity index (χ0n) is 33.8. The van der Waals surface area contributed by atoms with E-state index in [4.69, 9.17) is 0 Å². The number of benzene rings is 12. The van der Waals surface area contributed by atoms with E-state index in [1.165, 1.54) is 86.9 Å². The Morgan fingerprint density at radius 1 is 0.177 bits per heavy atom. The van der Waals surface area contributed by atoms with Gasteiger partial charge < -0.3 is 9.80 Å². The second-order valence-corrected chi connectivity index (χ2v) is 16.5. The van der Waals surface area contributed by atoms with E-state index >= 15 is 0 Å². The number of para-hydroxylation sites is 4. The summed E-state index contributed by atoms with van der Waals surface area (Å²) in [6.45, 7) is 0. The SMILES string of the molecule is c1ccc(-c2ccc3c4ccc(N5c6ccccc6N(c6ccc7c8ccc(-c9ccccc9)cc8c8ccccc8c7c6)c6ccccc65)cc4c4ccccc4c3c2)cc1. The Labute approximate surface area is 359 Å². The monoisotopic (exact) mass is 786 g/mol. The van der Waals surface area contributed by atoms with E-state index in [-0.39, 0.29) is 0 Å². The third-order valence-corrected chi connectivity index (χ3v) is 13.1. The van der Waals surface area contributed by atoms with Crippen molar-refractivity contribution in [3.8, 4) is 22.3 Å². The van der Waals surface area contributed by atoms with Crippen LogP contribution in [0.4, 0.5) is 34.1 Å². The first kappa shape index (κ1) is 34.6. The molecule has 0 saturated carbocycles. The van der Waals surface area contributed by atoms with Crippen molar-refractivity contribution >= 4 is 98.8 Å². The molecule has 0 aromatic heterocycles. The number of anilines is 6. The van der Waals surface area contributed by atoms with Crippen LogP contribution in [0.15, 0.2) is 231 Å². The van der Waals surface area contributed by atoms with Crippen LogP contribution >= 0.6 is 0 Å². The molecule has 0 aliphatic carbocycles. The molecule has 0 atom stereocenters. The summed E-state index contributed by atoms with van der Waals surface area (Å²) in [7, 11) is 0. The van der Waals surface area contributed by atoms with E-state index in [2.05, 4.69) is 240 Å². The van der Waals surface area contributed by atoms with Gasteiger partial charge in [0.1, 0.15) is 0 Å². The predicted octanol–water partition coefficient (Wildman–Crippen LogP) is 17.2. The van der Waals surface area contributed by atoms with Crippen LogP contribution in [0.1, 0.15) is 0 Å². The van der Waals surface area contributed by atoms with Gasteiger partial charge in [0.15, 0.2) is 0 Å². The fraction of sp³-hybridized carbons (Fsp3) is 0. The van der Waals surface area contributed by atoms with Gasteiger partial charge in [0.2, 0.25) is 0 Å². The third kappa shape index (κ3) is 5.23. The fourth-order valence-corrected chi connectivity index (χ4v) is 10.3. The average molecular weight is 787 g/mol. The van der Waals surface area contributed by atoms with Crippen molar-refractivity contribution < 1.29 is 0 Å². The van der Waals surface area contributed by atoms with Crippen molar-refractivity contribution in [3.05, 3.63) is 231 Å². The van der Waals surface area contributed by atoms with Gasteiger partial charge in [0, 0.05) is 11.4 Å². The van der Waals surface area contributed by atoms with Crippen LogP contribution in [0.3, 0.4) is 0 Å². The number of fused-ring (bicyclic) bond motifs is 14. The molecule has 0 radical (unpaired) electrons. The zero-order chi connectivity index (χ0) is 40.7. The molecule has 288 valence electrons. The van der Waals surface area contributed by atoms with E-state index in [0.717, 1.165) is 34.1 Å². The van der Waals surface area contributed by atoms with Gasteiger partial charge in [-0.25, -0.2) is 0 Å². The van der Waals surface area contributed by atoms with Gasteiger partial charge in [0.05, 0.1) is 22.7 Å². The van der Waals surface area contributed by atoms with Crippen molar-refractivity contribution in [2.45, 2.75) is 0 Å². The molecule has 1 heterocycles. The van der Waals surface area contributed by atoms with Crippen molar-refractivity contribution in [1.29, 1.82) is 0 Å². The van der Waals surface area contributed by atoms with Crippen LogP contribution in [0.5, 0.6) is 0 Å². The third-order valence-electron chi connectivity index (χ3n) is 13.1. The minimum absolute atomic E-state index is 1.13. The van der Waals surface area contributed by atoms with Gasteiger partial charge in [-0.05, 0) is 148 Å². The molecule has 0 amide bonds. The molecule has 2 nitrogen and oxygen atoms in total. The Bertz CT molecular complexity index is 3420. The molecular weight excluding hydrogens is 749 g/mol. The predicted molar refractivity (Wildman–Crippen MR) is 265 cm³/mol. The smallest absolute Gasteiger partial charge is 0.0703 e. The van der Waals surface area contributed by atoms with Crippen molar-refractivity contribution in [1.82, 2.24) is 0 Å². The largest absolute Gasteiger partial charge is 0.306 e. The summed E-state index contributed by atoms with van der Waals surface area (Å²) >= 11 is 0. The lowest BCUT2D eigenvalue weighted by Gasteiger charge is -2.40. The molecule has 0 unspecified atom stereocenters. The first-order valence-corrected chi connectivity index (χ1v) is 21.4. The maximum absolute atomic E-state index is 2.45. The lowest BCUT2D eigenvalue weighted by Crippen LogP contribution is -2.23. The highest BCUT2D eigenvalue weighted by atomic mass is 15.3. The maximum atomic E-state index is 2.45. The van der Waals surface area contributed by atoms with E-state index in [1.807, 2.05) is 0 Å². The Kier molecular flexibility index (Phi) is 7.64. The van der Waals surface area contributed by atoms with Crippen LogP contribution in [0.2, 0.25) is 0 Å². The van der Waals surface area contributed by atoms with Gasteiger partial charge >= 0.3 is 0 Å². The molecule has 1 aliphatic heterocycles. The molecule has 0 bridgehead atoms. The van der Waals surface area contributed by atoms with E-state index in [0.29, 0.717) is 0 Å². The normalized spacial score (nSPS) is 12.5. The lowest BCUT2D eigenvalue weighted by molar-refractivity contribution is 1.17. The van der Waals surface area contributed by atoms with Gasteiger partial charge in [-0.3, -0.25) is 0 Å². The molecule has 0 saturated heterocycles. The van der Waals surface area contributed by atoms with Crippen LogP contribution in [-0.2, 0) is 0 Å². The first-order chi connectivity index (χ1) is 30.8. The van der Waals surface area contributed by atoms with Crippen LogP contribution in [0, 0.1) is 0 Å². The number of hydrogen-bond donors (Lipinski definition) is 0. The molecule has 62 heavy (non-hydrogen) atoms. The highest BCUT2D eigenvalue weighted by Gasteiger charge is 2.31.